The van der Waals surface area contributed by atoms with Crippen LogP contribution in [0.25, 0.3) is 0 Å². The van der Waals surface area contributed by atoms with Crippen LogP contribution in [0.3, 0.4) is 0 Å². The molecule has 0 radical (unpaired) electrons. The minimum Gasteiger partial charge on any atom is -0.426 e. The Hall–Kier alpha value is -1.85. The Morgan fingerprint density at radius 1 is 1.42 bits per heavy atom. The third-order valence-electron chi connectivity index (χ3n) is 2.61. The maximum absolute atomic E-state index is 11.7. The third kappa shape index (κ3) is 3.81. The average molecular weight is 281 g/mol. The van der Waals surface area contributed by atoms with Gasteiger partial charge in [0.05, 0.1) is 0 Å². The number of benzene rings is 1. The van der Waals surface area contributed by atoms with E-state index < -0.39 is 12.3 Å². The van der Waals surface area contributed by atoms with Crippen LogP contribution < -0.4 is 10.6 Å². The van der Waals surface area contributed by atoms with Crippen LogP contribution in [0.15, 0.2) is 35.9 Å². The lowest BCUT2D eigenvalue weighted by atomic mass is 10.1. The molecule has 1 amide bonds. The molecule has 0 fully saturated rings. The first-order chi connectivity index (χ1) is 9.19. The molecule has 2 rings (SSSR count). The fourth-order valence-corrected chi connectivity index (χ4v) is 1.81. The van der Waals surface area contributed by atoms with Crippen molar-refractivity contribution in [3.8, 4) is 0 Å². The number of halogens is 1. The SMILES string of the molecule is O=CC1=CCCNC1OC(=O)Nc1ccc(Cl)cc1. The van der Waals surface area contributed by atoms with E-state index in [2.05, 4.69) is 10.6 Å². The van der Waals surface area contributed by atoms with Gasteiger partial charge in [-0.15, -0.1) is 0 Å². The second-order valence-electron chi connectivity index (χ2n) is 3.98. The van der Waals surface area contributed by atoms with Gasteiger partial charge in [-0.05, 0) is 30.7 Å². The molecule has 1 aromatic carbocycles. The summed E-state index contributed by atoms with van der Waals surface area (Å²) in [7, 11) is 0. The first-order valence-electron chi connectivity index (χ1n) is 5.81. The van der Waals surface area contributed by atoms with Crippen molar-refractivity contribution in [1.29, 1.82) is 0 Å². The molecular weight excluding hydrogens is 268 g/mol. The standard InChI is InChI=1S/C13H13ClN2O3/c14-10-3-5-11(6-4-10)16-13(18)19-12-9(8-17)2-1-7-15-12/h2-6,8,12,15H,1,7H2,(H,16,18). The minimum atomic E-state index is -0.696. The molecule has 1 aliphatic rings. The van der Waals surface area contributed by atoms with E-state index in [0.29, 0.717) is 29.1 Å². The topological polar surface area (TPSA) is 67.4 Å². The molecule has 0 spiro atoms. The number of amides is 1. The maximum atomic E-state index is 11.7. The van der Waals surface area contributed by atoms with E-state index in [1.165, 1.54) is 0 Å². The molecule has 0 aromatic heterocycles. The molecule has 0 bridgehead atoms. The van der Waals surface area contributed by atoms with Crippen LogP contribution in [0.2, 0.25) is 5.02 Å². The predicted molar refractivity (Wildman–Crippen MR) is 72.1 cm³/mol. The Kier molecular flexibility index (Phi) is 4.54. The minimum absolute atomic E-state index is 0.428. The van der Waals surface area contributed by atoms with Crippen molar-refractivity contribution >= 4 is 29.7 Å². The predicted octanol–water partition coefficient (Wildman–Crippen LogP) is 2.33. The van der Waals surface area contributed by atoms with E-state index in [0.717, 1.165) is 6.42 Å². The molecule has 1 aromatic rings. The number of ether oxygens (including phenoxy) is 1. The van der Waals surface area contributed by atoms with Gasteiger partial charge in [0.15, 0.2) is 12.5 Å². The largest absolute Gasteiger partial charge is 0.426 e. The number of rotatable bonds is 3. The van der Waals surface area contributed by atoms with Gasteiger partial charge in [0.2, 0.25) is 0 Å². The molecule has 0 saturated heterocycles. The van der Waals surface area contributed by atoms with Gasteiger partial charge in [0.1, 0.15) is 0 Å². The van der Waals surface area contributed by atoms with Crippen molar-refractivity contribution in [2.24, 2.45) is 0 Å². The Morgan fingerprint density at radius 3 is 2.84 bits per heavy atom. The van der Waals surface area contributed by atoms with Gasteiger partial charge < -0.3 is 4.74 Å². The van der Waals surface area contributed by atoms with Crippen molar-refractivity contribution in [1.82, 2.24) is 5.32 Å². The second kappa shape index (κ2) is 6.36. The monoisotopic (exact) mass is 280 g/mol. The Labute approximate surface area is 115 Å². The number of hydrogen-bond acceptors (Lipinski definition) is 4. The lowest BCUT2D eigenvalue weighted by Gasteiger charge is -2.22. The number of hydrogen-bond donors (Lipinski definition) is 2. The summed E-state index contributed by atoms with van der Waals surface area (Å²) in [6.45, 7) is 0.663. The van der Waals surface area contributed by atoms with Gasteiger partial charge in [-0.25, -0.2) is 4.79 Å². The van der Waals surface area contributed by atoms with E-state index in [4.69, 9.17) is 16.3 Å². The second-order valence-corrected chi connectivity index (χ2v) is 4.42. The van der Waals surface area contributed by atoms with Crippen molar-refractivity contribution < 1.29 is 14.3 Å². The Morgan fingerprint density at radius 2 is 2.16 bits per heavy atom. The maximum Gasteiger partial charge on any atom is 0.413 e. The molecule has 0 aliphatic carbocycles. The van der Waals surface area contributed by atoms with Crippen LogP contribution in [0.1, 0.15) is 6.42 Å². The molecule has 1 unspecified atom stereocenters. The summed E-state index contributed by atoms with van der Waals surface area (Å²) in [4.78, 5) is 22.5. The highest BCUT2D eigenvalue weighted by atomic mass is 35.5. The van der Waals surface area contributed by atoms with Gasteiger partial charge in [0.25, 0.3) is 0 Å². The van der Waals surface area contributed by atoms with Crippen molar-refractivity contribution in [2.75, 3.05) is 11.9 Å². The molecule has 6 heteroatoms. The summed E-state index contributed by atoms with van der Waals surface area (Å²) in [6.07, 6.45) is 1.86. The zero-order valence-corrected chi connectivity index (χ0v) is 10.8. The number of anilines is 1. The molecular formula is C13H13ClN2O3. The van der Waals surface area contributed by atoms with E-state index in [9.17, 15) is 9.59 Å². The summed E-state index contributed by atoms with van der Waals surface area (Å²) < 4.78 is 5.14. The van der Waals surface area contributed by atoms with Crippen molar-refractivity contribution in [2.45, 2.75) is 12.6 Å². The molecule has 1 heterocycles. The van der Waals surface area contributed by atoms with Crippen LogP contribution in [0, 0.1) is 0 Å². The molecule has 0 saturated carbocycles. The van der Waals surface area contributed by atoms with E-state index in [1.54, 1.807) is 30.3 Å². The van der Waals surface area contributed by atoms with E-state index in [-0.39, 0.29) is 0 Å². The zero-order valence-electron chi connectivity index (χ0n) is 10.1. The van der Waals surface area contributed by atoms with Crippen molar-refractivity contribution in [3.63, 3.8) is 0 Å². The molecule has 1 aliphatic heterocycles. The summed E-state index contributed by atoms with van der Waals surface area (Å²) in [5, 5.41) is 6.08. The van der Waals surface area contributed by atoms with Gasteiger partial charge in [0, 0.05) is 22.8 Å². The molecule has 2 N–H and O–H groups in total. The number of carbonyl (C=O) groups excluding carboxylic acids is 2. The van der Waals surface area contributed by atoms with E-state index >= 15 is 0 Å². The Bertz CT molecular complexity index is 499. The van der Waals surface area contributed by atoms with Gasteiger partial charge in [-0.3, -0.25) is 15.4 Å². The number of carbonyl (C=O) groups is 2. The highest BCUT2D eigenvalue weighted by molar-refractivity contribution is 6.30. The first kappa shape index (κ1) is 13.6. The number of aldehydes is 1. The van der Waals surface area contributed by atoms with Crippen LogP contribution in [-0.2, 0) is 9.53 Å². The molecule has 19 heavy (non-hydrogen) atoms. The molecule has 1 atom stereocenters. The lowest BCUT2D eigenvalue weighted by molar-refractivity contribution is -0.106. The number of nitrogens with one attached hydrogen (secondary N) is 2. The summed E-state index contributed by atoms with van der Waals surface area (Å²) in [5.41, 5.74) is 0.999. The summed E-state index contributed by atoms with van der Waals surface area (Å²) in [5.74, 6) is 0. The highest BCUT2D eigenvalue weighted by Gasteiger charge is 2.20. The van der Waals surface area contributed by atoms with Gasteiger partial charge in [-0.2, -0.15) is 0 Å². The van der Waals surface area contributed by atoms with Crippen LogP contribution >= 0.6 is 11.6 Å². The van der Waals surface area contributed by atoms with Crippen molar-refractivity contribution in [3.05, 3.63) is 40.9 Å². The van der Waals surface area contributed by atoms with Crippen LogP contribution in [0.4, 0.5) is 10.5 Å². The zero-order chi connectivity index (χ0) is 13.7. The van der Waals surface area contributed by atoms with E-state index in [1.807, 2.05) is 0 Å². The Balaban J connectivity index is 1.94. The molecule has 5 nitrogen and oxygen atoms in total. The summed E-state index contributed by atoms with van der Waals surface area (Å²) >= 11 is 5.74. The smallest absolute Gasteiger partial charge is 0.413 e. The van der Waals surface area contributed by atoms with Crippen LogP contribution in [0.5, 0.6) is 0 Å². The van der Waals surface area contributed by atoms with Gasteiger partial charge >= 0.3 is 6.09 Å². The molecule has 100 valence electrons. The van der Waals surface area contributed by atoms with Crippen LogP contribution in [-0.4, -0.2) is 25.2 Å². The fraction of sp³-hybridized carbons (Fsp3) is 0.231. The third-order valence-corrected chi connectivity index (χ3v) is 2.86. The lowest BCUT2D eigenvalue weighted by Crippen LogP contribution is -2.40. The highest BCUT2D eigenvalue weighted by Crippen LogP contribution is 2.14. The first-order valence-corrected chi connectivity index (χ1v) is 6.18. The average Bonchev–Trinajstić information content (AvgIpc) is 2.42. The fourth-order valence-electron chi connectivity index (χ4n) is 1.69. The normalized spacial score (nSPS) is 18.4. The quantitative estimate of drug-likeness (QED) is 0.834. The van der Waals surface area contributed by atoms with Gasteiger partial charge in [-0.1, -0.05) is 17.7 Å². The summed E-state index contributed by atoms with van der Waals surface area (Å²) in [6, 6.07) is 6.64.